The molecule has 1 aromatic carbocycles. The van der Waals surface area contributed by atoms with Gasteiger partial charge in [-0.15, -0.1) is 0 Å². The molecule has 0 aliphatic heterocycles. The maximum Gasteiger partial charge on any atom is 0.166 e. The van der Waals surface area contributed by atoms with Gasteiger partial charge in [0.05, 0.1) is 12.6 Å². The van der Waals surface area contributed by atoms with Gasteiger partial charge in [-0.05, 0) is 24.7 Å². The number of hydrogen-bond donors (Lipinski definition) is 2. The lowest BCUT2D eigenvalue weighted by Gasteiger charge is -2.17. The molecule has 3 nitrogen and oxygen atoms in total. The second-order valence-electron chi connectivity index (χ2n) is 3.53. The molecule has 0 aliphatic rings. The second-order valence-corrected chi connectivity index (χ2v) is 3.93. The zero-order chi connectivity index (χ0) is 11.8. The topological polar surface area (TPSA) is 33.3 Å². The SMILES string of the molecule is COCCNC(=S)N[C@@H](C)c1ccccc1. The van der Waals surface area contributed by atoms with Crippen LogP contribution in [0.4, 0.5) is 0 Å². The summed E-state index contributed by atoms with van der Waals surface area (Å²) in [4.78, 5) is 0. The van der Waals surface area contributed by atoms with Gasteiger partial charge in [-0.1, -0.05) is 30.3 Å². The smallest absolute Gasteiger partial charge is 0.166 e. The summed E-state index contributed by atoms with van der Waals surface area (Å²) in [7, 11) is 1.67. The highest BCUT2D eigenvalue weighted by atomic mass is 32.1. The van der Waals surface area contributed by atoms with Crippen molar-refractivity contribution in [1.82, 2.24) is 10.6 Å². The average molecular weight is 238 g/mol. The summed E-state index contributed by atoms with van der Waals surface area (Å²) in [5.74, 6) is 0. The molecule has 0 heterocycles. The van der Waals surface area contributed by atoms with E-state index in [9.17, 15) is 0 Å². The molecule has 88 valence electrons. The molecule has 1 aromatic rings. The van der Waals surface area contributed by atoms with E-state index in [4.69, 9.17) is 17.0 Å². The van der Waals surface area contributed by atoms with Crippen LogP contribution in [0.2, 0.25) is 0 Å². The van der Waals surface area contributed by atoms with Crippen LogP contribution < -0.4 is 10.6 Å². The van der Waals surface area contributed by atoms with Gasteiger partial charge in [0.2, 0.25) is 0 Å². The molecule has 1 rings (SSSR count). The zero-order valence-electron chi connectivity index (χ0n) is 9.69. The zero-order valence-corrected chi connectivity index (χ0v) is 10.5. The van der Waals surface area contributed by atoms with E-state index >= 15 is 0 Å². The molecular formula is C12H18N2OS. The maximum atomic E-state index is 5.17. The fraction of sp³-hybridized carbons (Fsp3) is 0.417. The van der Waals surface area contributed by atoms with Crippen LogP contribution in [-0.4, -0.2) is 25.4 Å². The van der Waals surface area contributed by atoms with Crippen molar-refractivity contribution in [2.45, 2.75) is 13.0 Å². The van der Waals surface area contributed by atoms with Crippen LogP contribution in [0.3, 0.4) is 0 Å². The second kappa shape index (κ2) is 7.19. The van der Waals surface area contributed by atoms with Crippen molar-refractivity contribution in [3.63, 3.8) is 0 Å². The van der Waals surface area contributed by atoms with Crippen LogP contribution in [0, 0.1) is 0 Å². The van der Waals surface area contributed by atoms with E-state index in [0.717, 1.165) is 6.54 Å². The highest BCUT2D eigenvalue weighted by molar-refractivity contribution is 7.80. The Morgan fingerprint density at radius 1 is 1.38 bits per heavy atom. The molecule has 0 aliphatic carbocycles. The van der Waals surface area contributed by atoms with Crippen molar-refractivity contribution < 1.29 is 4.74 Å². The van der Waals surface area contributed by atoms with E-state index in [1.165, 1.54) is 5.56 Å². The summed E-state index contributed by atoms with van der Waals surface area (Å²) in [5, 5.41) is 6.96. The predicted octanol–water partition coefficient (Wildman–Crippen LogP) is 1.86. The molecule has 0 aromatic heterocycles. The van der Waals surface area contributed by atoms with E-state index < -0.39 is 0 Å². The Morgan fingerprint density at radius 2 is 2.06 bits per heavy atom. The van der Waals surface area contributed by atoms with Crippen LogP contribution in [0.15, 0.2) is 30.3 Å². The summed E-state index contributed by atoms with van der Waals surface area (Å²) < 4.78 is 4.93. The quantitative estimate of drug-likeness (QED) is 0.606. The third-order valence-electron chi connectivity index (χ3n) is 2.24. The molecule has 2 N–H and O–H groups in total. The van der Waals surface area contributed by atoms with E-state index in [0.29, 0.717) is 11.7 Å². The van der Waals surface area contributed by atoms with Crippen molar-refractivity contribution in [3.05, 3.63) is 35.9 Å². The highest BCUT2D eigenvalue weighted by Crippen LogP contribution is 2.10. The minimum Gasteiger partial charge on any atom is -0.383 e. The number of benzene rings is 1. The van der Waals surface area contributed by atoms with E-state index in [-0.39, 0.29) is 6.04 Å². The Balaban J connectivity index is 2.34. The molecule has 4 heteroatoms. The summed E-state index contributed by atoms with van der Waals surface area (Å²) in [6.07, 6.45) is 0. The van der Waals surface area contributed by atoms with Crippen LogP contribution in [0.25, 0.3) is 0 Å². The number of nitrogens with one attached hydrogen (secondary N) is 2. The first-order valence-corrected chi connectivity index (χ1v) is 5.73. The maximum absolute atomic E-state index is 5.17. The lowest BCUT2D eigenvalue weighted by Crippen LogP contribution is -2.38. The monoisotopic (exact) mass is 238 g/mol. The van der Waals surface area contributed by atoms with Crippen LogP contribution in [0.1, 0.15) is 18.5 Å². The number of thiocarbonyl (C=S) groups is 1. The molecule has 0 radical (unpaired) electrons. The van der Waals surface area contributed by atoms with Gasteiger partial charge in [0.1, 0.15) is 0 Å². The average Bonchev–Trinajstić information content (AvgIpc) is 2.30. The van der Waals surface area contributed by atoms with Gasteiger partial charge in [0.15, 0.2) is 5.11 Å². The third-order valence-corrected chi connectivity index (χ3v) is 2.50. The van der Waals surface area contributed by atoms with Crippen molar-refractivity contribution in [1.29, 1.82) is 0 Å². The van der Waals surface area contributed by atoms with Gasteiger partial charge in [-0.25, -0.2) is 0 Å². The molecular weight excluding hydrogens is 220 g/mol. The minimum absolute atomic E-state index is 0.212. The molecule has 0 amide bonds. The first kappa shape index (κ1) is 12.9. The van der Waals surface area contributed by atoms with Gasteiger partial charge < -0.3 is 15.4 Å². The molecule has 0 spiro atoms. The summed E-state index contributed by atoms with van der Waals surface area (Å²) in [5.41, 5.74) is 1.22. The third kappa shape index (κ3) is 4.59. The number of ether oxygens (including phenoxy) is 1. The molecule has 1 atom stereocenters. The first-order valence-electron chi connectivity index (χ1n) is 5.32. The van der Waals surface area contributed by atoms with Crippen LogP contribution in [0.5, 0.6) is 0 Å². The Hall–Kier alpha value is -1.13. The lowest BCUT2D eigenvalue weighted by molar-refractivity contribution is 0.204. The Kier molecular flexibility index (Phi) is 5.82. The first-order chi connectivity index (χ1) is 7.74. The summed E-state index contributed by atoms with van der Waals surface area (Å²) >= 11 is 5.17. The van der Waals surface area contributed by atoms with Crippen LogP contribution >= 0.6 is 12.2 Å². The standard InChI is InChI=1S/C12H18N2OS/c1-10(11-6-4-3-5-7-11)14-12(16)13-8-9-15-2/h3-7,10H,8-9H2,1-2H3,(H2,13,14,16)/t10-/m0/s1. The van der Waals surface area contributed by atoms with Crippen molar-refractivity contribution in [2.75, 3.05) is 20.3 Å². The fourth-order valence-corrected chi connectivity index (χ4v) is 1.62. The lowest BCUT2D eigenvalue weighted by atomic mass is 10.1. The molecule has 0 fully saturated rings. The predicted molar refractivity (Wildman–Crippen MR) is 70.5 cm³/mol. The normalized spacial score (nSPS) is 11.9. The van der Waals surface area contributed by atoms with Gasteiger partial charge >= 0.3 is 0 Å². The Bertz CT molecular complexity index is 316. The van der Waals surface area contributed by atoms with Gasteiger partial charge in [-0.3, -0.25) is 0 Å². The summed E-state index contributed by atoms with van der Waals surface area (Å²) in [6.45, 7) is 3.46. The van der Waals surface area contributed by atoms with E-state index in [1.54, 1.807) is 7.11 Å². The van der Waals surface area contributed by atoms with Gasteiger partial charge in [0.25, 0.3) is 0 Å². The minimum atomic E-state index is 0.212. The van der Waals surface area contributed by atoms with Gasteiger partial charge in [0, 0.05) is 13.7 Å². The van der Waals surface area contributed by atoms with Crippen molar-refractivity contribution in [2.24, 2.45) is 0 Å². The Morgan fingerprint density at radius 3 is 2.69 bits per heavy atom. The van der Waals surface area contributed by atoms with E-state index in [1.807, 2.05) is 18.2 Å². The number of rotatable bonds is 5. The van der Waals surface area contributed by atoms with Crippen LogP contribution in [-0.2, 0) is 4.74 Å². The fourth-order valence-electron chi connectivity index (χ4n) is 1.34. The highest BCUT2D eigenvalue weighted by Gasteiger charge is 2.05. The molecule has 0 bridgehead atoms. The largest absolute Gasteiger partial charge is 0.383 e. The molecule has 16 heavy (non-hydrogen) atoms. The number of methoxy groups -OCH3 is 1. The molecule has 0 unspecified atom stereocenters. The molecule has 0 saturated heterocycles. The van der Waals surface area contributed by atoms with Crippen molar-refractivity contribution >= 4 is 17.3 Å². The Labute approximate surface area is 102 Å². The van der Waals surface area contributed by atoms with Crippen molar-refractivity contribution in [3.8, 4) is 0 Å². The van der Waals surface area contributed by atoms with E-state index in [2.05, 4.69) is 29.7 Å². The molecule has 0 saturated carbocycles. The summed E-state index contributed by atoms with van der Waals surface area (Å²) in [6, 6.07) is 10.4. The number of hydrogen-bond acceptors (Lipinski definition) is 2. The van der Waals surface area contributed by atoms with Gasteiger partial charge in [-0.2, -0.15) is 0 Å².